The number of hydrogen-bond acceptors (Lipinski definition) is 4. The Hall–Kier alpha value is -0.160. The van der Waals surface area contributed by atoms with Gasteiger partial charge in [-0.25, -0.2) is 0 Å². The van der Waals surface area contributed by atoms with Gasteiger partial charge in [0.25, 0.3) is 0 Å². The van der Waals surface area contributed by atoms with Crippen molar-refractivity contribution in [3.05, 3.63) is 35.9 Å². The molecule has 1 fully saturated rings. The molecular formula is C15H22O2S2. The zero-order chi connectivity index (χ0) is 13.7. The van der Waals surface area contributed by atoms with E-state index in [0.29, 0.717) is 0 Å². The molecule has 1 saturated heterocycles. The molecule has 0 radical (unpaired) electrons. The van der Waals surface area contributed by atoms with Crippen molar-refractivity contribution >= 4 is 23.5 Å². The molecule has 1 aromatic rings. The number of thioether (sulfide) groups is 2. The van der Waals surface area contributed by atoms with Crippen LogP contribution in [0.2, 0.25) is 0 Å². The van der Waals surface area contributed by atoms with Crippen LogP contribution in [0.5, 0.6) is 0 Å². The number of aliphatic hydroxyl groups is 2. The van der Waals surface area contributed by atoms with Crippen molar-refractivity contribution in [3.8, 4) is 0 Å². The molecule has 1 aromatic carbocycles. The molecule has 0 unspecified atom stereocenters. The molecule has 2 N–H and O–H groups in total. The molecule has 106 valence electrons. The molecule has 0 spiro atoms. The summed E-state index contributed by atoms with van der Waals surface area (Å²) in [6.07, 6.45) is 1.44. The Bertz CT molecular complexity index is 377. The lowest BCUT2D eigenvalue weighted by Gasteiger charge is -2.44. The van der Waals surface area contributed by atoms with Crippen molar-refractivity contribution in [3.63, 3.8) is 0 Å². The summed E-state index contributed by atoms with van der Waals surface area (Å²) in [7, 11) is 0. The van der Waals surface area contributed by atoms with Gasteiger partial charge in [0.2, 0.25) is 0 Å². The van der Waals surface area contributed by atoms with Crippen molar-refractivity contribution in [2.45, 2.75) is 29.9 Å². The molecule has 2 atom stereocenters. The SMILES string of the molecule is CC[C@@H]([C@H](O)CO)C1(c2ccccc2)SCCCS1. The molecule has 0 bridgehead atoms. The third-order valence-electron chi connectivity index (χ3n) is 3.68. The fraction of sp³-hybridized carbons (Fsp3) is 0.600. The molecule has 4 heteroatoms. The Balaban J connectivity index is 2.39. The van der Waals surface area contributed by atoms with Crippen molar-refractivity contribution < 1.29 is 10.2 Å². The topological polar surface area (TPSA) is 40.5 Å². The normalized spacial score (nSPS) is 21.8. The van der Waals surface area contributed by atoms with Crippen LogP contribution in [0.15, 0.2) is 30.3 Å². The summed E-state index contributed by atoms with van der Waals surface area (Å²) in [6.45, 7) is 1.94. The van der Waals surface area contributed by atoms with Gasteiger partial charge < -0.3 is 10.2 Å². The molecule has 2 rings (SSSR count). The maximum atomic E-state index is 10.2. The molecule has 1 heterocycles. The fourth-order valence-corrected chi connectivity index (χ4v) is 6.62. The molecular weight excluding hydrogens is 276 g/mol. The molecule has 19 heavy (non-hydrogen) atoms. The molecule has 0 saturated carbocycles. The molecule has 1 aliphatic rings. The summed E-state index contributed by atoms with van der Waals surface area (Å²) in [5, 5.41) is 19.6. The van der Waals surface area contributed by atoms with E-state index >= 15 is 0 Å². The Morgan fingerprint density at radius 1 is 1.21 bits per heavy atom. The minimum absolute atomic E-state index is 0.0789. The summed E-state index contributed by atoms with van der Waals surface area (Å²) >= 11 is 3.86. The van der Waals surface area contributed by atoms with E-state index in [9.17, 15) is 10.2 Å². The van der Waals surface area contributed by atoms with E-state index in [0.717, 1.165) is 17.9 Å². The predicted molar refractivity (Wildman–Crippen MR) is 84.5 cm³/mol. The van der Waals surface area contributed by atoms with Gasteiger partial charge in [0.1, 0.15) is 0 Å². The Labute approximate surface area is 124 Å². The quantitative estimate of drug-likeness (QED) is 0.876. The number of benzene rings is 1. The minimum atomic E-state index is -0.650. The highest BCUT2D eigenvalue weighted by molar-refractivity contribution is 8.18. The second kappa shape index (κ2) is 7.02. The lowest BCUT2D eigenvalue weighted by Crippen LogP contribution is -2.40. The molecule has 0 aromatic heterocycles. The van der Waals surface area contributed by atoms with Crippen molar-refractivity contribution in [2.24, 2.45) is 5.92 Å². The average molecular weight is 298 g/mol. The van der Waals surface area contributed by atoms with E-state index in [1.54, 1.807) is 0 Å². The van der Waals surface area contributed by atoms with E-state index in [1.807, 2.05) is 29.6 Å². The highest BCUT2D eigenvalue weighted by Gasteiger charge is 2.45. The monoisotopic (exact) mass is 298 g/mol. The molecule has 0 aliphatic carbocycles. The Morgan fingerprint density at radius 2 is 1.84 bits per heavy atom. The van der Waals surface area contributed by atoms with Crippen molar-refractivity contribution in [1.82, 2.24) is 0 Å². The highest BCUT2D eigenvalue weighted by atomic mass is 32.2. The first kappa shape index (κ1) is 15.2. The highest BCUT2D eigenvalue weighted by Crippen LogP contribution is 2.56. The zero-order valence-electron chi connectivity index (χ0n) is 11.3. The van der Waals surface area contributed by atoms with Crippen LogP contribution in [-0.4, -0.2) is 34.4 Å². The lowest BCUT2D eigenvalue weighted by molar-refractivity contribution is 0.0403. The summed E-state index contributed by atoms with van der Waals surface area (Å²) < 4.78 is -0.115. The maximum absolute atomic E-state index is 10.2. The Kier molecular flexibility index (Phi) is 5.63. The van der Waals surface area contributed by atoms with Gasteiger partial charge in [-0.1, -0.05) is 37.3 Å². The van der Waals surface area contributed by atoms with Crippen LogP contribution in [0.25, 0.3) is 0 Å². The van der Waals surface area contributed by atoms with E-state index < -0.39 is 6.10 Å². The van der Waals surface area contributed by atoms with Gasteiger partial charge in [-0.05, 0) is 29.9 Å². The second-order valence-electron chi connectivity index (χ2n) is 4.85. The van der Waals surface area contributed by atoms with Gasteiger partial charge in [0.15, 0.2) is 0 Å². The largest absolute Gasteiger partial charge is 0.394 e. The van der Waals surface area contributed by atoms with E-state index in [1.165, 1.54) is 12.0 Å². The molecule has 2 nitrogen and oxygen atoms in total. The standard InChI is InChI=1S/C15H22O2S2/c1-2-13(14(17)11-16)15(18-9-6-10-19-15)12-7-4-3-5-8-12/h3-5,7-8,13-14,16-17H,2,6,9-11H2,1H3/t13-,14+/m0/s1. The van der Waals surface area contributed by atoms with Gasteiger partial charge >= 0.3 is 0 Å². The number of rotatable bonds is 5. The first-order valence-electron chi connectivity index (χ1n) is 6.87. The molecule has 1 aliphatic heterocycles. The first-order valence-corrected chi connectivity index (χ1v) is 8.84. The third kappa shape index (κ3) is 3.13. The maximum Gasteiger partial charge on any atom is 0.0913 e. The average Bonchev–Trinajstić information content (AvgIpc) is 2.49. The summed E-state index contributed by atoms with van der Waals surface area (Å²) in [6, 6.07) is 10.4. The summed E-state index contributed by atoms with van der Waals surface area (Å²) in [4.78, 5) is 0. The smallest absolute Gasteiger partial charge is 0.0913 e. The van der Waals surface area contributed by atoms with Gasteiger partial charge in [0, 0.05) is 5.92 Å². The van der Waals surface area contributed by atoms with Gasteiger partial charge in [-0.3, -0.25) is 0 Å². The van der Waals surface area contributed by atoms with Crippen LogP contribution in [0.1, 0.15) is 25.3 Å². The minimum Gasteiger partial charge on any atom is -0.394 e. The predicted octanol–water partition coefficient (Wildman–Crippen LogP) is 3.09. The zero-order valence-corrected chi connectivity index (χ0v) is 12.9. The van der Waals surface area contributed by atoms with Gasteiger partial charge in [0.05, 0.1) is 16.8 Å². The van der Waals surface area contributed by atoms with E-state index in [-0.39, 0.29) is 16.6 Å². The van der Waals surface area contributed by atoms with Crippen LogP contribution in [0.4, 0.5) is 0 Å². The first-order chi connectivity index (χ1) is 9.24. The number of aliphatic hydroxyl groups excluding tert-OH is 2. The lowest BCUT2D eigenvalue weighted by atomic mass is 9.90. The van der Waals surface area contributed by atoms with Crippen molar-refractivity contribution in [1.29, 1.82) is 0 Å². The van der Waals surface area contributed by atoms with Gasteiger partial charge in [-0.15, -0.1) is 23.5 Å². The Morgan fingerprint density at radius 3 is 2.37 bits per heavy atom. The number of hydrogen-bond donors (Lipinski definition) is 2. The second-order valence-corrected chi connectivity index (χ2v) is 7.79. The van der Waals surface area contributed by atoms with Crippen molar-refractivity contribution in [2.75, 3.05) is 18.1 Å². The van der Waals surface area contributed by atoms with Crippen LogP contribution < -0.4 is 0 Å². The fourth-order valence-electron chi connectivity index (χ4n) is 2.73. The van der Waals surface area contributed by atoms with Gasteiger partial charge in [-0.2, -0.15) is 0 Å². The van der Waals surface area contributed by atoms with Crippen LogP contribution in [0, 0.1) is 5.92 Å². The van der Waals surface area contributed by atoms with E-state index in [4.69, 9.17) is 0 Å². The molecule has 0 amide bonds. The van der Waals surface area contributed by atoms with Crippen LogP contribution in [0.3, 0.4) is 0 Å². The van der Waals surface area contributed by atoms with E-state index in [2.05, 4.69) is 31.2 Å². The summed E-state index contributed by atoms with van der Waals surface area (Å²) in [5.41, 5.74) is 1.27. The van der Waals surface area contributed by atoms with Crippen LogP contribution in [-0.2, 0) is 4.08 Å². The van der Waals surface area contributed by atoms with Crippen LogP contribution >= 0.6 is 23.5 Å². The summed E-state index contributed by atoms with van der Waals surface area (Å²) in [5.74, 6) is 2.32. The third-order valence-corrected chi connectivity index (χ3v) is 7.30.